The van der Waals surface area contributed by atoms with E-state index in [0.717, 1.165) is 18.4 Å². The fourth-order valence-electron chi connectivity index (χ4n) is 3.06. The molecule has 2 rings (SSSR count). The molecule has 1 fully saturated rings. The summed E-state index contributed by atoms with van der Waals surface area (Å²) in [7, 11) is 0. The Bertz CT molecular complexity index is 476. The van der Waals surface area contributed by atoms with E-state index in [2.05, 4.69) is 24.1 Å². The molecule has 22 heavy (non-hydrogen) atoms. The van der Waals surface area contributed by atoms with E-state index in [0.29, 0.717) is 19.5 Å². The predicted molar refractivity (Wildman–Crippen MR) is 86.3 cm³/mol. The molecular formula is C17H27N3O2. The third-order valence-electron chi connectivity index (χ3n) is 4.55. The summed E-state index contributed by atoms with van der Waals surface area (Å²) in [5.41, 5.74) is 1.21. The van der Waals surface area contributed by atoms with Crippen LogP contribution in [0.1, 0.15) is 45.1 Å². The van der Waals surface area contributed by atoms with Gasteiger partial charge in [-0.05, 0) is 42.4 Å². The molecule has 1 heterocycles. The average molecular weight is 305 g/mol. The first kappa shape index (κ1) is 16.7. The number of rotatable bonds is 6. The third kappa shape index (κ3) is 4.44. The van der Waals surface area contributed by atoms with Crippen molar-refractivity contribution in [3.05, 3.63) is 30.1 Å². The minimum absolute atomic E-state index is 0.0368. The molecule has 5 heteroatoms. The Morgan fingerprint density at radius 2 is 2.18 bits per heavy atom. The summed E-state index contributed by atoms with van der Waals surface area (Å²) in [5.74, 6) is 0. The number of nitrogens with zero attached hydrogens (tertiary/aromatic N) is 2. The number of nitrogens with one attached hydrogen (secondary N) is 1. The van der Waals surface area contributed by atoms with Gasteiger partial charge in [-0.1, -0.05) is 20.3 Å². The molecule has 1 aliphatic rings. The number of aromatic nitrogens is 1. The van der Waals surface area contributed by atoms with Gasteiger partial charge in [0.1, 0.15) is 0 Å². The van der Waals surface area contributed by atoms with Crippen LogP contribution in [0.3, 0.4) is 0 Å². The van der Waals surface area contributed by atoms with Crippen molar-refractivity contribution in [2.75, 3.05) is 13.2 Å². The number of hydrogen-bond acceptors (Lipinski definition) is 3. The zero-order valence-corrected chi connectivity index (χ0v) is 13.6. The number of carbonyl (C=O) groups is 1. The fraction of sp³-hybridized carbons (Fsp3) is 0.647. The van der Waals surface area contributed by atoms with Gasteiger partial charge in [0.05, 0.1) is 0 Å². The van der Waals surface area contributed by atoms with E-state index in [4.69, 9.17) is 5.11 Å². The highest BCUT2D eigenvalue weighted by atomic mass is 16.3. The van der Waals surface area contributed by atoms with Crippen LogP contribution >= 0.6 is 0 Å². The smallest absolute Gasteiger partial charge is 0.317 e. The van der Waals surface area contributed by atoms with Gasteiger partial charge in [-0.15, -0.1) is 0 Å². The summed E-state index contributed by atoms with van der Waals surface area (Å²) in [6, 6.07) is 4.02. The molecule has 2 amide bonds. The van der Waals surface area contributed by atoms with Crippen LogP contribution in [-0.2, 0) is 6.54 Å². The molecular weight excluding hydrogens is 278 g/mol. The Kier molecular flexibility index (Phi) is 5.77. The first-order valence-electron chi connectivity index (χ1n) is 8.08. The minimum Gasteiger partial charge on any atom is -0.396 e. The van der Waals surface area contributed by atoms with Gasteiger partial charge in [0, 0.05) is 38.1 Å². The van der Waals surface area contributed by atoms with Crippen LogP contribution in [0.5, 0.6) is 0 Å². The van der Waals surface area contributed by atoms with E-state index in [9.17, 15) is 4.79 Å². The van der Waals surface area contributed by atoms with E-state index >= 15 is 0 Å². The highest BCUT2D eigenvalue weighted by Gasteiger charge is 2.36. The predicted octanol–water partition coefficient (Wildman–Crippen LogP) is 2.55. The number of aliphatic hydroxyl groups excluding tert-OH is 1. The van der Waals surface area contributed by atoms with Crippen LogP contribution in [-0.4, -0.2) is 40.2 Å². The molecule has 122 valence electrons. The number of urea groups is 1. The SMILES string of the molecule is CC1(C)CCC[C@@H]1NC(=O)N(CCCO)Cc1ccncc1. The second-order valence-electron chi connectivity index (χ2n) is 6.74. The van der Waals surface area contributed by atoms with Gasteiger partial charge in [0.15, 0.2) is 0 Å². The van der Waals surface area contributed by atoms with Crippen LogP contribution < -0.4 is 5.32 Å². The van der Waals surface area contributed by atoms with Crippen LogP contribution in [0.15, 0.2) is 24.5 Å². The molecule has 1 aliphatic carbocycles. The van der Waals surface area contributed by atoms with Crippen molar-refractivity contribution in [2.24, 2.45) is 5.41 Å². The van der Waals surface area contributed by atoms with E-state index in [1.807, 2.05) is 12.1 Å². The van der Waals surface area contributed by atoms with Crippen molar-refractivity contribution in [1.29, 1.82) is 0 Å². The van der Waals surface area contributed by atoms with Crippen LogP contribution in [0, 0.1) is 5.41 Å². The van der Waals surface area contributed by atoms with Crippen molar-refractivity contribution in [3.63, 3.8) is 0 Å². The van der Waals surface area contributed by atoms with Crippen molar-refractivity contribution in [1.82, 2.24) is 15.2 Å². The molecule has 0 aliphatic heterocycles. The zero-order chi connectivity index (χ0) is 16.0. The maximum atomic E-state index is 12.6. The molecule has 1 aromatic heterocycles. The van der Waals surface area contributed by atoms with Crippen LogP contribution in [0.4, 0.5) is 4.79 Å². The molecule has 0 bridgehead atoms. The number of pyridine rings is 1. The molecule has 0 radical (unpaired) electrons. The Balaban J connectivity index is 1.99. The molecule has 1 aromatic rings. The van der Waals surface area contributed by atoms with Crippen molar-refractivity contribution >= 4 is 6.03 Å². The summed E-state index contributed by atoms with van der Waals surface area (Å²) >= 11 is 0. The van der Waals surface area contributed by atoms with Crippen molar-refractivity contribution in [3.8, 4) is 0 Å². The Morgan fingerprint density at radius 1 is 1.45 bits per heavy atom. The lowest BCUT2D eigenvalue weighted by atomic mass is 9.87. The lowest BCUT2D eigenvalue weighted by Gasteiger charge is -2.31. The summed E-state index contributed by atoms with van der Waals surface area (Å²) in [5, 5.41) is 12.3. The Morgan fingerprint density at radius 3 is 2.77 bits per heavy atom. The lowest BCUT2D eigenvalue weighted by molar-refractivity contribution is 0.173. The minimum atomic E-state index is -0.0368. The third-order valence-corrected chi connectivity index (χ3v) is 4.55. The van der Waals surface area contributed by atoms with Crippen LogP contribution in [0.25, 0.3) is 0 Å². The normalized spacial score (nSPS) is 19.9. The number of carbonyl (C=O) groups excluding carboxylic acids is 1. The summed E-state index contributed by atoms with van der Waals surface area (Å²) in [4.78, 5) is 18.4. The number of hydrogen-bond donors (Lipinski definition) is 2. The largest absolute Gasteiger partial charge is 0.396 e. The Labute approximate surface area is 132 Å². The molecule has 2 N–H and O–H groups in total. The van der Waals surface area contributed by atoms with E-state index in [1.165, 1.54) is 6.42 Å². The maximum absolute atomic E-state index is 12.6. The maximum Gasteiger partial charge on any atom is 0.317 e. The van der Waals surface area contributed by atoms with Gasteiger partial charge in [0.2, 0.25) is 0 Å². The Hall–Kier alpha value is -1.62. The molecule has 0 unspecified atom stereocenters. The fourth-order valence-corrected chi connectivity index (χ4v) is 3.06. The standard InChI is InChI=1S/C17H27N3O2/c1-17(2)8-3-5-15(17)19-16(22)20(11-4-12-21)13-14-6-9-18-10-7-14/h6-7,9-10,15,21H,3-5,8,11-13H2,1-2H3,(H,19,22)/t15-/m0/s1. The van der Waals surface area contributed by atoms with Gasteiger partial charge in [-0.25, -0.2) is 4.79 Å². The summed E-state index contributed by atoms with van der Waals surface area (Å²) < 4.78 is 0. The highest BCUT2D eigenvalue weighted by Crippen LogP contribution is 2.37. The average Bonchev–Trinajstić information content (AvgIpc) is 2.83. The van der Waals surface area contributed by atoms with Crippen molar-refractivity contribution < 1.29 is 9.90 Å². The zero-order valence-electron chi connectivity index (χ0n) is 13.6. The van der Waals surface area contributed by atoms with Gasteiger partial charge in [0.25, 0.3) is 0 Å². The highest BCUT2D eigenvalue weighted by molar-refractivity contribution is 5.74. The molecule has 1 atom stereocenters. The number of aliphatic hydroxyl groups is 1. The summed E-state index contributed by atoms with van der Waals surface area (Å²) in [6.07, 6.45) is 7.42. The number of amides is 2. The van der Waals surface area contributed by atoms with Gasteiger partial charge in [-0.2, -0.15) is 0 Å². The van der Waals surface area contributed by atoms with E-state index in [1.54, 1.807) is 17.3 Å². The topological polar surface area (TPSA) is 65.5 Å². The van der Waals surface area contributed by atoms with Crippen molar-refractivity contribution in [2.45, 2.75) is 52.1 Å². The summed E-state index contributed by atoms with van der Waals surface area (Å²) in [6.45, 7) is 5.62. The second-order valence-corrected chi connectivity index (χ2v) is 6.74. The first-order chi connectivity index (χ1) is 10.5. The molecule has 5 nitrogen and oxygen atoms in total. The first-order valence-corrected chi connectivity index (χ1v) is 8.08. The molecule has 0 spiro atoms. The van der Waals surface area contributed by atoms with E-state index in [-0.39, 0.29) is 24.1 Å². The molecule has 0 aromatic carbocycles. The van der Waals surface area contributed by atoms with E-state index < -0.39 is 0 Å². The second kappa shape index (κ2) is 7.58. The molecule has 1 saturated carbocycles. The monoisotopic (exact) mass is 305 g/mol. The van der Waals surface area contributed by atoms with Crippen LogP contribution in [0.2, 0.25) is 0 Å². The van der Waals surface area contributed by atoms with Gasteiger partial charge >= 0.3 is 6.03 Å². The quantitative estimate of drug-likeness (QED) is 0.849. The van der Waals surface area contributed by atoms with Gasteiger partial charge in [-0.3, -0.25) is 4.98 Å². The lowest BCUT2D eigenvalue weighted by Crippen LogP contribution is -2.48. The molecule has 0 saturated heterocycles. The van der Waals surface area contributed by atoms with Gasteiger partial charge < -0.3 is 15.3 Å².